The first-order chi connectivity index (χ1) is 40.6. The molecule has 12 N–H and O–H groups in total. The lowest BCUT2D eigenvalue weighted by molar-refractivity contribution is -0.146. The molecule has 1 fully saturated rings. The topological polar surface area (TPSA) is 367 Å². The van der Waals surface area contributed by atoms with Crippen molar-refractivity contribution in [3.63, 3.8) is 0 Å². The molecule has 0 unspecified atom stereocenters. The third-order valence-electron chi connectivity index (χ3n) is 14.5. The number of phenolic OH excluding ortho intramolecular Hbond substituents is 2. The Morgan fingerprint density at radius 1 is 0.518 bits per heavy atom. The number of carbonyl (C=O) groups excluding carboxylic acids is 10. The maximum absolute atomic E-state index is 14.8. The Morgan fingerprint density at radius 3 is 1.66 bits per heavy atom. The van der Waals surface area contributed by atoms with Crippen LogP contribution in [0.15, 0.2) is 109 Å². The summed E-state index contributed by atoms with van der Waals surface area (Å²) in [5, 5.41) is 51.2. The monoisotopic (exact) mass is 1170 g/mol. The zero-order valence-corrected chi connectivity index (χ0v) is 47.6. The highest BCUT2D eigenvalue weighted by Gasteiger charge is 2.36. The number of rotatable bonds is 14. The van der Waals surface area contributed by atoms with Crippen molar-refractivity contribution in [2.75, 3.05) is 33.7 Å². The van der Waals surface area contributed by atoms with Gasteiger partial charge in [-0.2, -0.15) is 0 Å². The van der Waals surface area contributed by atoms with Crippen LogP contribution >= 0.6 is 0 Å². The van der Waals surface area contributed by atoms with Gasteiger partial charge in [-0.1, -0.05) is 99.0 Å². The molecular weight excluding hydrogens is 1100 g/mol. The summed E-state index contributed by atoms with van der Waals surface area (Å²) in [6.45, 7) is 1.04. The molecule has 0 spiro atoms. The number of para-hydroxylation sites is 1. The van der Waals surface area contributed by atoms with Crippen LogP contribution in [0, 0.1) is 0 Å². The van der Waals surface area contributed by atoms with Crippen LogP contribution in [0.2, 0.25) is 0 Å². The summed E-state index contributed by atoms with van der Waals surface area (Å²) < 4.78 is 0. The van der Waals surface area contributed by atoms with Crippen LogP contribution in [0.3, 0.4) is 0 Å². The average molecular weight is 1170 g/mol. The number of carboxylic acid groups (broad SMARTS) is 1. The standard InChI is InChI=1S/C60H73N11O14/c1-5-6-8-17-44-56(81)67-47(29-39-31-61-43-16-12-11-15-42(39)43)55(80)64-33-51(75)65-45(26-37-18-22-40(72)23-19-37)57(82)69-48(30-53(77)78)60(85)70(3)35(2)54(79)63-32-50(74)62-34-52(76)71(4)49(28-36-13-9-7-10-14-36)59(84)68-46(58(83)66-44)27-38-20-24-41(73)25-21-38/h7,9-16,18-25,31,35,44-49,61,72-73H,5-6,8,17,26-30,32-34H2,1-4H3,(H,62,74)(H,63,79)(H,64,80)(H,65,75)(H,66,83)(H,67,81)(H,68,84)(H,69,82)(H,77,78)/t35-,44+,45+,46+,47+,48+,49+/m1/s1. The van der Waals surface area contributed by atoms with Crippen molar-refractivity contribution in [1.29, 1.82) is 0 Å². The van der Waals surface area contributed by atoms with Gasteiger partial charge in [-0.3, -0.25) is 52.7 Å². The van der Waals surface area contributed by atoms with E-state index in [2.05, 4.69) is 47.5 Å². The number of amides is 10. The van der Waals surface area contributed by atoms with Crippen LogP contribution in [-0.2, 0) is 78.4 Å². The Morgan fingerprint density at radius 2 is 1.04 bits per heavy atom. The van der Waals surface area contributed by atoms with Crippen molar-refractivity contribution in [2.24, 2.45) is 0 Å². The summed E-state index contributed by atoms with van der Waals surface area (Å²) in [6.07, 6.45) is 1.86. The largest absolute Gasteiger partial charge is 0.508 e. The Kier molecular flexibility index (Phi) is 23.5. The second-order valence-electron chi connectivity index (χ2n) is 20.8. The molecule has 1 aliphatic rings. The molecule has 2 heterocycles. The third kappa shape index (κ3) is 19.1. The maximum Gasteiger partial charge on any atom is 0.305 e. The van der Waals surface area contributed by atoms with Gasteiger partial charge in [0, 0.05) is 56.9 Å². The summed E-state index contributed by atoms with van der Waals surface area (Å²) in [4.78, 5) is 159. The Hall–Kier alpha value is -9.81. The molecule has 1 saturated heterocycles. The lowest BCUT2D eigenvalue weighted by atomic mass is 10.00. The molecule has 85 heavy (non-hydrogen) atoms. The number of likely N-dealkylation sites (N-methyl/N-ethyl adjacent to an activating group) is 2. The van der Waals surface area contributed by atoms with E-state index in [0.29, 0.717) is 46.0 Å². The van der Waals surface area contributed by atoms with Crippen molar-refractivity contribution < 1.29 is 68.1 Å². The minimum atomic E-state index is -1.82. The van der Waals surface area contributed by atoms with Crippen molar-refractivity contribution >= 4 is 75.9 Å². The van der Waals surface area contributed by atoms with Gasteiger partial charge in [-0.05, 0) is 65.9 Å². The summed E-state index contributed by atoms with van der Waals surface area (Å²) in [5.74, 6) is -10.5. The number of H-pyrrole nitrogens is 1. The summed E-state index contributed by atoms with van der Waals surface area (Å²) >= 11 is 0. The van der Waals surface area contributed by atoms with Crippen molar-refractivity contribution in [3.05, 3.63) is 132 Å². The van der Waals surface area contributed by atoms with E-state index in [0.717, 1.165) is 23.3 Å². The molecule has 25 heteroatoms. The number of carbonyl (C=O) groups is 11. The van der Waals surface area contributed by atoms with Gasteiger partial charge in [0.05, 0.1) is 26.1 Å². The fourth-order valence-corrected chi connectivity index (χ4v) is 9.45. The second-order valence-corrected chi connectivity index (χ2v) is 20.8. The highest BCUT2D eigenvalue weighted by atomic mass is 16.4. The zero-order valence-electron chi connectivity index (χ0n) is 47.6. The molecule has 0 aliphatic carbocycles. The van der Waals surface area contributed by atoms with Crippen LogP contribution < -0.4 is 42.5 Å². The van der Waals surface area contributed by atoms with Crippen LogP contribution in [0.25, 0.3) is 10.9 Å². The molecule has 4 aromatic carbocycles. The molecule has 10 amide bonds. The normalized spacial score (nSPS) is 21.8. The van der Waals surface area contributed by atoms with E-state index in [-0.39, 0.29) is 43.6 Å². The van der Waals surface area contributed by atoms with Gasteiger partial charge in [0.25, 0.3) is 0 Å². The van der Waals surface area contributed by atoms with Crippen LogP contribution in [-0.4, -0.2) is 171 Å². The number of hydrogen-bond donors (Lipinski definition) is 12. The highest BCUT2D eigenvalue weighted by molar-refractivity contribution is 5.99. The highest BCUT2D eigenvalue weighted by Crippen LogP contribution is 2.21. The van der Waals surface area contributed by atoms with E-state index < -0.39 is 133 Å². The fraction of sp³-hybridized carbons (Fsp3) is 0.383. The number of carboxylic acids is 1. The lowest BCUT2D eigenvalue weighted by Gasteiger charge is -2.30. The summed E-state index contributed by atoms with van der Waals surface area (Å²) in [7, 11) is 2.49. The maximum atomic E-state index is 14.8. The first-order valence-electron chi connectivity index (χ1n) is 27.8. The van der Waals surface area contributed by atoms with Gasteiger partial charge < -0.3 is 72.6 Å². The smallest absolute Gasteiger partial charge is 0.305 e. The lowest BCUT2D eigenvalue weighted by Crippen LogP contribution is -2.60. The van der Waals surface area contributed by atoms with E-state index in [1.165, 1.54) is 50.4 Å². The first kappa shape index (κ1) is 64.4. The molecule has 1 aliphatic heterocycles. The number of fused-ring (bicyclic) bond motifs is 1. The first-order valence-corrected chi connectivity index (χ1v) is 27.8. The van der Waals surface area contributed by atoms with Crippen molar-refractivity contribution in [1.82, 2.24) is 57.3 Å². The van der Waals surface area contributed by atoms with Crippen LogP contribution in [0.1, 0.15) is 68.2 Å². The molecule has 452 valence electrons. The predicted octanol–water partition coefficient (Wildman–Crippen LogP) is 0.365. The molecule has 7 atom stereocenters. The number of phenols is 2. The number of benzene rings is 4. The molecule has 0 radical (unpaired) electrons. The summed E-state index contributed by atoms with van der Waals surface area (Å²) in [6, 6.07) is 17.0. The molecule has 6 rings (SSSR count). The minimum Gasteiger partial charge on any atom is -0.508 e. The second kappa shape index (κ2) is 31.0. The van der Waals surface area contributed by atoms with Gasteiger partial charge in [-0.15, -0.1) is 0 Å². The fourth-order valence-electron chi connectivity index (χ4n) is 9.45. The number of nitrogens with one attached hydrogen (secondary N) is 9. The average Bonchev–Trinajstić information content (AvgIpc) is 4.01. The molecular formula is C60H73N11O14. The van der Waals surface area contributed by atoms with E-state index in [4.69, 9.17) is 0 Å². The van der Waals surface area contributed by atoms with Gasteiger partial charge in [0.1, 0.15) is 53.8 Å². The number of aromatic amines is 1. The van der Waals surface area contributed by atoms with Crippen LogP contribution in [0.5, 0.6) is 11.5 Å². The van der Waals surface area contributed by atoms with E-state index in [1.807, 2.05) is 13.0 Å². The molecule has 0 saturated carbocycles. The number of aromatic hydroxyl groups is 2. The van der Waals surface area contributed by atoms with Crippen molar-refractivity contribution in [3.8, 4) is 11.5 Å². The van der Waals surface area contributed by atoms with E-state index >= 15 is 0 Å². The van der Waals surface area contributed by atoms with Gasteiger partial charge in [-0.25, -0.2) is 0 Å². The molecule has 5 aromatic rings. The minimum absolute atomic E-state index is 0.0666. The summed E-state index contributed by atoms with van der Waals surface area (Å²) in [5.41, 5.74) is 2.81. The molecule has 0 bridgehead atoms. The predicted molar refractivity (Wildman–Crippen MR) is 310 cm³/mol. The van der Waals surface area contributed by atoms with E-state index in [9.17, 15) is 68.1 Å². The Bertz CT molecular complexity index is 3190. The number of nitrogens with zero attached hydrogens (tertiary/aromatic N) is 2. The number of aromatic nitrogens is 1. The number of aliphatic carboxylic acids is 1. The number of unbranched alkanes of at least 4 members (excludes halogenated alkanes) is 2. The van der Waals surface area contributed by atoms with Gasteiger partial charge in [0.15, 0.2) is 0 Å². The Balaban J connectivity index is 1.38. The Labute approximate surface area is 490 Å². The van der Waals surface area contributed by atoms with Crippen LogP contribution in [0.4, 0.5) is 0 Å². The quantitative estimate of drug-likeness (QED) is 0.0669. The molecule has 25 nitrogen and oxygen atoms in total. The van der Waals surface area contributed by atoms with Gasteiger partial charge in [0.2, 0.25) is 59.1 Å². The third-order valence-corrected chi connectivity index (χ3v) is 14.5. The van der Waals surface area contributed by atoms with E-state index in [1.54, 1.807) is 66.9 Å². The SMILES string of the molecule is CCCCC[C@@H]1NC(=O)[C@H](Cc2ccc(O)cc2)NC(=O)[C@H](Cc2ccccc2)N(C)C(=O)CNC(=O)CNC(=O)[C@@H](C)N(C)C(=O)[C@H](CC(=O)O)NC(=O)[C@H](Cc2ccc(O)cc2)NC(=O)CNC(=O)[C@H](Cc2c[nH]c3ccccc23)NC1=O. The molecule has 1 aromatic heterocycles. The number of hydrogen-bond acceptors (Lipinski definition) is 13. The van der Waals surface area contributed by atoms with Gasteiger partial charge >= 0.3 is 5.97 Å². The van der Waals surface area contributed by atoms with Crippen molar-refractivity contribution in [2.45, 2.75) is 114 Å². The zero-order chi connectivity index (χ0) is 61.7.